The first-order valence-corrected chi connectivity index (χ1v) is 12.5. The molecule has 1 aromatic carbocycles. The third-order valence-corrected chi connectivity index (χ3v) is 7.81. The second-order valence-electron chi connectivity index (χ2n) is 10.9. The minimum absolute atomic E-state index is 0.0269. The normalized spacial score (nSPS) is 25.5. The Labute approximate surface area is 197 Å². The molecule has 3 aliphatic rings. The molecule has 3 heterocycles. The fraction of sp³-hybridized carbons (Fsp3) is 0.593. The van der Waals surface area contributed by atoms with Crippen LogP contribution in [0, 0.1) is 25.2 Å². The van der Waals surface area contributed by atoms with Crippen molar-refractivity contribution in [1.82, 2.24) is 19.4 Å². The minimum atomic E-state index is -0.572. The molecule has 3 fully saturated rings. The highest BCUT2D eigenvalue weighted by molar-refractivity contribution is 5.96. The van der Waals surface area contributed by atoms with Gasteiger partial charge in [0.05, 0.1) is 17.4 Å². The Hall–Kier alpha value is -2.63. The Balaban J connectivity index is 1.50. The van der Waals surface area contributed by atoms with E-state index < -0.39 is 5.41 Å². The van der Waals surface area contributed by atoms with Gasteiger partial charge in [0.2, 0.25) is 5.91 Å². The number of rotatable bonds is 5. The van der Waals surface area contributed by atoms with Crippen LogP contribution in [-0.2, 0) is 4.79 Å². The van der Waals surface area contributed by atoms with Gasteiger partial charge in [-0.05, 0) is 71.4 Å². The zero-order chi connectivity index (χ0) is 23.3. The van der Waals surface area contributed by atoms with Crippen LogP contribution in [0.5, 0.6) is 0 Å². The van der Waals surface area contributed by atoms with E-state index in [0.717, 1.165) is 42.8 Å². The maximum absolute atomic E-state index is 14.0. The van der Waals surface area contributed by atoms with E-state index >= 15 is 0 Å². The van der Waals surface area contributed by atoms with Gasteiger partial charge < -0.3 is 14.4 Å². The molecule has 6 nitrogen and oxygen atoms in total. The molecule has 1 aromatic heterocycles. The summed E-state index contributed by atoms with van der Waals surface area (Å²) in [6, 6.07) is 6.32. The lowest BCUT2D eigenvalue weighted by molar-refractivity contribution is -0.146. The van der Waals surface area contributed by atoms with E-state index in [2.05, 4.69) is 35.6 Å². The summed E-state index contributed by atoms with van der Waals surface area (Å²) < 4.78 is 2.10. The first-order chi connectivity index (χ1) is 15.8. The average Bonchev–Trinajstić information content (AvgIpc) is 3.30. The van der Waals surface area contributed by atoms with Crippen molar-refractivity contribution < 1.29 is 9.59 Å². The molecule has 1 aliphatic carbocycles. The van der Waals surface area contributed by atoms with Gasteiger partial charge >= 0.3 is 0 Å². The molecule has 1 spiro atoms. The Morgan fingerprint density at radius 2 is 1.91 bits per heavy atom. The quantitative estimate of drug-likeness (QED) is 0.684. The number of amides is 2. The van der Waals surface area contributed by atoms with Crippen molar-refractivity contribution in [3.8, 4) is 0 Å². The van der Waals surface area contributed by atoms with Gasteiger partial charge in [-0.2, -0.15) is 0 Å². The molecule has 6 heteroatoms. The number of benzene rings is 1. The zero-order valence-corrected chi connectivity index (χ0v) is 20.4. The standard InChI is InChI=1S/C27H36N4O2/c1-18(2)31-15-24(28-17-31)23-14-30(25(32)22-11-19(3)10-20(4)12-22)16-27(23)8-5-9-29(26(27)33)13-21-6-7-21/h10-12,15,17-18,21,23H,5-9,13-14,16H2,1-4H3/t23-,27-/m1/s1. The molecule has 0 bridgehead atoms. The van der Waals surface area contributed by atoms with Gasteiger partial charge in [-0.1, -0.05) is 17.2 Å². The number of carbonyl (C=O) groups excluding carboxylic acids is 2. The third kappa shape index (κ3) is 4.09. The van der Waals surface area contributed by atoms with Gasteiger partial charge in [0.25, 0.3) is 5.91 Å². The van der Waals surface area contributed by atoms with Gasteiger partial charge in [0.15, 0.2) is 0 Å². The number of imidazole rings is 1. The first-order valence-electron chi connectivity index (χ1n) is 12.5. The fourth-order valence-electron chi connectivity index (χ4n) is 5.90. The van der Waals surface area contributed by atoms with Gasteiger partial charge in [-0.3, -0.25) is 9.59 Å². The summed E-state index contributed by atoms with van der Waals surface area (Å²) in [5.74, 6) is 0.860. The fourth-order valence-corrected chi connectivity index (χ4v) is 5.90. The van der Waals surface area contributed by atoms with Crippen molar-refractivity contribution >= 4 is 11.8 Å². The number of likely N-dealkylation sites (tertiary alicyclic amines) is 2. The van der Waals surface area contributed by atoms with Crippen LogP contribution in [0.4, 0.5) is 0 Å². The van der Waals surface area contributed by atoms with E-state index in [-0.39, 0.29) is 17.7 Å². The van der Waals surface area contributed by atoms with Gasteiger partial charge in [-0.25, -0.2) is 4.98 Å². The number of hydrogen-bond donors (Lipinski definition) is 0. The summed E-state index contributed by atoms with van der Waals surface area (Å²) in [5.41, 5.74) is 3.26. The molecule has 1 saturated carbocycles. The number of aryl methyl sites for hydroxylation is 2. The molecule has 0 unspecified atom stereocenters. The SMILES string of the molecule is Cc1cc(C)cc(C(=O)N2C[C@H](c3cn(C(C)C)cn3)[C@@]3(CCCN(CC4CC4)C3=O)C2)c1. The lowest BCUT2D eigenvalue weighted by Gasteiger charge is -2.42. The van der Waals surface area contributed by atoms with Crippen molar-refractivity contribution in [3.05, 3.63) is 53.1 Å². The Morgan fingerprint density at radius 3 is 2.55 bits per heavy atom. The predicted molar refractivity (Wildman–Crippen MR) is 128 cm³/mol. The van der Waals surface area contributed by atoms with E-state index in [4.69, 9.17) is 4.98 Å². The highest BCUT2D eigenvalue weighted by atomic mass is 16.2. The summed E-state index contributed by atoms with van der Waals surface area (Å²) in [6.45, 7) is 11.1. The summed E-state index contributed by atoms with van der Waals surface area (Å²) >= 11 is 0. The van der Waals surface area contributed by atoms with Gasteiger partial charge in [-0.15, -0.1) is 0 Å². The van der Waals surface area contributed by atoms with Gasteiger partial charge in [0, 0.05) is 49.9 Å². The molecular formula is C27H36N4O2. The van der Waals surface area contributed by atoms with Crippen LogP contribution in [0.2, 0.25) is 0 Å². The number of piperidine rings is 1. The molecule has 2 amide bonds. The number of aromatic nitrogens is 2. The lowest BCUT2D eigenvalue weighted by Crippen LogP contribution is -2.52. The third-order valence-electron chi connectivity index (χ3n) is 7.81. The summed E-state index contributed by atoms with van der Waals surface area (Å²) in [4.78, 5) is 36.4. The van der Waals surface area contributed by atoms with Crippen molar-refractivity contribution in [2.45, 2.75) is 65.3 Å². The molecular weight excluding hydrogens is 412 g/mol. The summed E-state index contributed by atoms with van der Waals surface area (Å²) in [7, 11) is 0. The van der Waals surface area contributed by atoms with E-state index in [1.54, 1.807) is 0 Å². The molecule has 0 N–H and O–H groups in total. The molecule has 5 rings (SSSR count). The molecule has 33 heavy (non-hydrogen) atoms. The van der Waals surface area contributed by atoms with Crippen molar-refractivity contribution in [1.29, 1.82) is 0 Å². The van der Waals surface area contributed by atoms with E-state index in [1.165, 1.54) is 12.8 Å². The molecule has 2 aliphatic heterocycles. The molecule has 0 radical (unpaired) electrons. The van der Waals surface area contributed by atoms with Crippen LogP contribution in [-0.4, -0.2) is 57.3 Å². The smallest absolute Gasteiger partial charge is 0.253 e. The maximum atomic E-state index is 14.0. The van der Waals surface area contributed by atoms with Gasteiger partial charge in [0.1, 0.15) is 0 Å². The van der Waals surface area contributed by atoms with Crippen LogP contribution in [0.25, 0.3) is 0 Å². The molecule has 176 valence electrons. The minimum Gasteiger partial charge on any atom is -0.342 e. The van der Waals surface area contributed by atoms with E-state index in [0.29, 0.717) is 30.6 Å². The number of carbonyl (C=O) groups is 2. The van der Waals surface area contributed by atoms with Crippen LogP contribution < -0.4 is 0 Å². The van der Waals surface area contributed by atoms with Crippen LogP contribution >= 0.6 is 0 Å². The second-order valence-corrected chi connectivity index (χ2v) is 10.9. The Bertz CT molecular complexity index is 1050. The number of hydrogen-bond acceptors (Lipinski definition) is 3. The molecule has 2 atom stereocenters. The molecule has 2 aromatic rings. The maximum Gasteiger partial charge on any atom is 0.253 e. The van der Waals surface area contributed by atoms with Crippen molar-refractivity contribution in [2.24, 2.45) is 11.3 Å². The van der Waals surface area contributed by atoms with Crippen molar-refractivity contribution in [3.63, 3.8) is 0 Å². The summed E-state index contributed by atoms with van der Waals surface area (Å²) in [5, 5.41) is 0. The Morgan fingerprint density at radius 1 is 1.18 bits per heavy atom. The second kappa shape index (κ2) is 8.30. The van der Waals surface area contributed by atoms with Crippen LogP contribution in [0.3, 0.4) is 0 Å². The lowest BCUT2D eigenvalue weighted by atomic mass is 9.70. The topological polar surface area (TPSA) is 58.4 Å². The molecule has 2 saturated heterocycles. The largest absolute Gasteiger partial charge is 0.342 e. The highest BCUT2D eigenvalue weighted by Gasteiger charge is 2.57. The van der Waals surface area contributed by atoms with E-state index in [9.17, 15) is 9.59 Å². The van der Waals surface area contributed by atoms with Crippen LogP contribution in [0.15, 0.2) is 30.7 Å². The first kappa shape index (κ1) is 22.2. The predicted octanol–water partition coefficient (Wildman–Crippen LogP) is 4.34. The monoisotopic (exact) mass is 448 g/mol. The zero-order valence-electron chi connectivity index (χ0n) is 20.4. The Kier molecular flexibility index (Phi) is 5.58. The number of nitrogens with zero attached hydrogens (tertiary/aromatic N) is 4. The van der Waals surface area contributed by atoms with Crippen molar-refractivity contribution in [2.75, 3.05) is 26.2 Å². The summed E-state index contributed by atoms with van der Waals surface area (Å²) in [6.07, 6.45) is 8.24. The highest BCUT2D eigenvalue weighted by Crippen LogP contribution is 2.50. The average molecular weight is 449 g/mol. The van der Waals surface area contributed by atoms with E-state index in [1.807, 2.05) is 37.2 Å². The van der Waals surface area contributed by atoms with Crippen LogP contribution in [0.1, 0.15) is 78.7 Å².